The summed E-state index contributed by atoms with van der Waals surface area (Å²) in [7, 11) is 0. The molecule has 5 nitrogen and oxygen atoms in total. The third-order valence-electron chi connectivity index (χ3n) is 7.77. The molecule has 1 saturated heterocycles. The summed E-state index contributed by atoms with van der Waals surface area (Å²) in [6.07, 6.45) is 11.1. The van der Waals surface area contributed by atoms with Crippen molar-refractivity contribution in [2.45, 2.75) is 75.9 Å². The van der Waals surface area contributed by atoms with Gasteiger partial charge in [0.25, 0.3) is 0 Å². The average molecular weight is 431 g/mol. The van der Waals surface area contributed by atoms with Crippen LogP contribution in [0.3, 0.4) is 0 Å². The Bertz CT molecular complexity index is 869. The van der Waals surface area contributed by atoms with E-state index < -0.39 is 0 Å². The molecule has 2 fully saturated rings. The number of nitrogens with zero attached hydrogens (tertiary/aromatic N) is 2. The van der Waals surface area contributed by atoms with E-state index in [1.807, 2.05) is 17.5 Å². The second-order valence-electron chi connectivity index (χ2n) is 9.17. The Kier molecular flexibility index (Phi) is 6.02. The van der Waals surface area contributed by atoms with E-state index in [0.29, 0.717) is 11.5 Å². The van der Waals surface area contributed by atoms with Crippen LogP contribution in [-0.2, 0) is 11.2 Å². The highest BCUT2D eigenvalue weighted by atomic mass is 32.1. The molecule has 0 spiro atoms. The van der Waals surface area contributed by atoms with E-state index >= 15 is 0 Å². The second kappa shape index (κ2) is 8.73. The summed E-state index contributed by atoms with van der Waals surface area (Å²) < 4.78 is 12.3. The van der Waals surface area contributed by atoms with Gasteiger partial charge in [-0.1, -0.05) is 6.92 Å². The van der Waals surface area contributed by atoms with Gasteiger partial charge in [-0.25, -0.2) is 4.98 Å². The Morgan fingerprint density at radius 3 is 2.80 bits per heavy atom. The molecule has 0 radical (unpaired) electrons. The van der Waals surface area contributed by atoms with E-state index in [0.717, 1.165) is 69.0 Å². The number of hydrogen-bond donors (Lipinski definition) is 1. The summed E-state index contributed by atoms with van der Waals surface area (Å²) in [5, 5.41) is 10.7. The quantitative estimate of drug-likeness (QED) is 0.731. The largest absolute Gasteiger partial charge is 0.490 e. The van der Waals surface area contributed by atoms with Crippen LogP contribution in [0.15, 0.2) is 12.3 Å². The molecule has 0 aromatic carbocycles. The van der Waals surface area contributed by atoms with Crippen LogP contribution in [0, 0.1) is 0 Å². The standard InChI is InChI=1S/C24H34N2O3S/c1-2-24(26-12-15-28-16-13-26)9-5-18(6-10-24)29-19-7-11-25-23-22(19)21-17(8-14-27)3-4-20(21)30-23/h7,11,17-18,27H,2-6,8-10,12-16H2,1H3/t17-,18?,24?/m1/s1. The predicted molar refractivity (Wildman–Crippen MR) is 121 cm³/mol. The van der Waals surface area contributed by atoms with Crippen molar-refractivity contribution in [3.05, 3.63) is 22.7 Å². The van der Waals surface area contributed by atoms with Gasteiger partial charge in [0.05, 0.1) is 24.7 Å². The minimum atomic E-state index is 0.251. The summed E-state index contributed by atoms with van der Waals surface area (Å²) in [6, 6.07) is 2.06. The molecule has 1 aliphatic heterocycles. The molecule has 1 N–H and O–H groups in total. The van der Waals surface area contributed by atoms with Gasteiger partial charge in [-0.15, -0.1) is 11.3 Å². The molecule has 30 heavy (non-hydrogen) atoms. The summed E-state index contributed by atoms with van der Waals surface area (Å²) in [6.45, 7) is 6.47. The maximum Gasteiger partial charge on any atom is 0.131 e. The molecule has 0 unspecified atom stereocenters. The lowest BCUT2D eigenvalue weighted by Gasteiger charge is -2.49. The summed E-state index contributed by atoms with van der Waals surface area (Å²) in [5.74, 6) is 1.47. The fourth-order valence-corrected chi connectivity index (χ4v) is 7.29. The van der Waals surface area contributed by atoms with E-state index in [2.05, 4.69) is 22.9 Å². The zero-order valence-electron chi connectivity index (χ0n) is 18.1. The third-order valence-corrected chi connectivity index (χ3v) is 8.94. The Balaban J connectivity index is 1.33. The van der Waals surface area contributed by atoms with Crippen LogP contribution in [-0.4, -0.2) is 59.5 Å². The van der Waals surface area contributed by atoms with Crippen molar-refractivity contribution in [2.24, 2.45) is 0 Å². The van der Waals surface area contributed by atoms with Crippen molar-refractivity contribution in [3.63, 3.8) is 0 Å². The highest BCUT2D eigenvalue weighted by Gasteiger charge is 2.40. The molecule has 6 heteroatoms. The number of thiophene rings is 1. The first-order valence-electron chi connectivity index (χ1n) is 11.7. The van der Waals surface area contributed by atoms with Crippen LogP contribution >= 0.6 is 11.3 Å². The molecule has 5 rings (SSSR count). The Morgan fingerprint density at radius 1 is 1.27 bits per heavy atom. The highest BCUT2D eigenvalue weighted by molar-refractivity contribution is 7.19. The van der Waals surface area contributed by atoms with Crippen molar-refractivity contribution >= 4 is 21.6 Å². The molecule has 2 aliphatic carbocycles. The number of pyridine rings is 1. The molecule has 0 amide bonds. The highest BCUT2D eigenvalue weighted by Crippen LogP contribution is 2.48. The van der Waals surface area contributed by atoms with Crippen molar-refractivity contribution in [1.29, 1.82) is 0 Å². The van der Waals surface area contributed by atoms with Gasteiger partial charge in [0.2, 0.25) is 0 Å². The number of ether oxygens (including phenoxy) is 2. The average Bonchev–Trinajstić information content (AvgIpc) is 3.35. The van der Waals surface area contributed by atoms with Crippen LogP contribution in [0.4, 0.5) is 0 Å². The first-order chi connectivity index (χ1) is 14.7. The molecule has 1 atom stereocenters. The maximum atomic E-state index is 9.52. The summed E-state index contributed by atoms with van der Waals surface area (Å²) in [4.78, 5) is 9.89. The SMILES string of the molecule is CCC1(N2CCOCC2)CCC(Oc2ccnc3sc4c(c23)[C@@H](CCO)CC4)CC1. The molecule has 0 bridgehead atoms. The molecule has 2 aromatic rings. The minimum absolute atomic E-state index is 0.251. The van der Waals surface area contributed by atoms with Crippen LogP contribution in [0.25, 0.3) is 10.2 Å². The van der Waals surface area contributed by atoms with Crippen molar-refractivity contribution < 1.29 is 14.6 Å². The number of fused-ring (bicyclic) bond motifs is 3. The first kappa shape index (κ1) is 20.7. The Labute approximate surface area is 183 Å². The molecule has 1 saturated carbocycles. The molecule has 3 aliphatic rings. The number of aromatic nitrogens is 1. The lowest BCUT2D eigenvalue weighted by atomic mass is 9.77. The summed E-state index contributed by atoms with van der Waals surface area (Å²) >= 11 is 1.82. The van der Waals surface area contributed by atoms with E-state index in [9.17, 15) is 5.11 Å². The number of aliphatic hydroxyl groups is 1. The Hall–Kier alpha value is -1.21. The van der Waals surface area contributed by atoms with Gasteiger partial charge in [0.1, 0.15) is 10.6 Å². The predicted octanol–water partition coefficient (Wildman–Crippen LogP) is 4.51. The smallest absolute Gasteiger partial charge is 0.131 e. The molecular weight excluding hydrogens is 396 g/mol. The number of hydrogen-bond acceptors (Lipinski definition) is 6. The van der Waals surface area contributed by atoms with Crippen LogP contribution in [0.2, 0.25) is 0 Å². The van der Waals surface area contributed by atoms with Crippen molar-refractivity contribution in [3.8, 4) is 5.75 Å². The topological polar surface area (TPSA) is 54.8 Å². The first-order valence-corrected chi connectivity index (χ1v) is 12.6. The van der Waals surface area contributed by atoms with Crippen molar-refractivity contribution in [1.82, 2.24) is 9.88 Å². The maximum absolute atomic E-state index is 9.52. The van der Waals surface area contributed by atoms with Gasteiger partial charge >= 0.3 is 0 Å². The molecular formula is C24H34N2O3S. The van der Waals surface area contributed by atoms with E-state index in [-0.39, 0.29) is 12.7 Å². The van der Waals surface area contributed by atoms with Crippen LogP contribution in [0.1, 0.15) is 68.2 Å². The van der Waals surface area contributed by atoms with Crippen LogP contribution < -0.4 is 4.74 Å². The minimum Gasteiger partial charge on any atom is -0.490 e. The normalized spacial score (nSPS) is 29.9. The van der Waals surface area contributed by atoms with Gasteiger partial charge in [-0.05, 0) is 68.9 Å². The lowest BCUT2D eigenvalue weighted by molar-refractivity contribution is -0.0510. The number of rotatable bonds is 6. The van der Waals surface area contributed by atoms with E-state index in [1.165, 1.54) is 35.1 Å². The molecule has 164 valence electrons. The zero-order valence-corrected chi connectivity index (χ0v) is 18.9. The lowest BCUT2D eigenvalue weighted by Crippen LogP contribution is -2.55. The van der Waals surface area contributed by atoms with Gasteiger partial charge < -0.3 is 14.6 Å². The van der Waals surface area contributed by atoms with Gasteiger partial charge in [-0.2, -0.15) is 0 Å². The number of aliphatic hydroxyl groups excluding tert-OH is 1. The molecule has 2 aromatic heterocycles. The fourth-order valence-electron chi connectivity index (χ4n) is 6.03. The second-order valence-corrected chi connectivity index (χ2v) is 10.3. The van der Waals surface area contributed by atoms with Crippen molar-refractivity contribution in [2.75, 3.05) is 32.9 Å². The fraction of sp³-hybridized carbons (Fsp3) is 0.708. The van der Waals surface area contributed by atoms with E-state index in [4.69, 9.17) is 9.47 Å². The molecule has 3 heterocycles. The number of morpholine rings is 1. The third kappa shape index (κ3) is 3.66. The van der Waals surface area contributed by atoms with Crippen LogP contribution in [0.5, 0.6) is 5.75 Å². The van der Waals surface area contributed by atoms with Gasteiger partial charge in [0, 0.05) is 36.3 Å². The van der Waals surface area contributed by atoms with Gasteiger partial charge in [-0.3, -0.25) is 4.90 Å². The monoisotopic (exact) mass is 430 g/mol. The summed E-state index contributed by atoms with van der Waals surface area (Å²) in [5.41, 5.74) is 1.74. The van der Waals surface area contributed by atoms with E-state index in [1.54, 1.807) is 0 Å². The zero-order chi connectivity index (χ0) is 20.6. The van der Waals surface area contributed by atoms with Gasteiger partial charge in [0.15, 0.2) is 0 Å². The Morgan fingerprint density at radius 2 is 2.07 bits per heavy atom. The number of aryl methyl sites for hydroxylation is 1.